The number of nitrogens with one attached hydrogen (secondary N) is 1. The normalized spacial score (nSPS) is 16.7. The minimum atomic E-state index is -0.453. The quantitative estimate of drug-likeness (QED) is 0.155. The second-order valence-corrected chi connectivity index (χ2v) is 36.0. The lowest BCUT2D eigenvalue weighted by molar-refractivity contribution is 0.443. The van der Waals surface area contributed by atoms with Crippen LogP contribution >= 0.6 is 15.9 Å². The first-order valence-corrected chi connectivity index (χ1v) is 43.9. The highest BCUT2D eigenvalue weighted by Gasteiger charge is 2.54. The molecule has 1 N–H and O–H groups in total. The zero-order valence-electron chi connectivity index (χ0n) is 70.0. The summed E-state index contributed by atoms with van der Waals surface area (Å²) >= 11 is 3.72. The molecule has 576 valence electrons. The van der Waals surface area contributed by atoms with E-state index in [1.54, 1.807) is 0 Å². The topological polar surface area (TPSA) is 15.3 Å². The Balaban J connectivity index is 0.000000121. The first kappa shape index (κ1) is 70.8. The van der Waals surface area contributed by atoms with Gasteiger partial charge in [0.2, 0.25) is 0 Å². The van der Waals surface area contributed by atoms with Crippen molar-refractivity contribution in [3.05, 3.63) is 446 Å². The summed E-state index contributed by atoms with van der Waals surface area (Å²) in [5.74, 6) is -0.845. The Bertz CT molecular complexity index is 6670. The van der Waals surface area contributed by atoms with Gasteiger partial charge in [0.05, 0.1) is 10.8 Å². The number of rotatable bonds is 9. The Morgan fingerprint density at radius 2 is 0.521 bits per heavy atom. The van der Waals surface area contributed by atoms with Crippen molar-refractivity contribution in [1.82, 2.24) is 0 Å². The average Bonchev–Trinajstić information content (AvgIpc) is 1.51. The standard InChI is InChI=1S/C58H47N.C33H33N.C25H15Br/c1-57(2)51-20-10-6-16-45(51)49-34-32-43(36-55(49)57)59(42-30-28-41(29-31-42)40-26-24-39(25-27-40)38-14-4-3-5-15-38)44-33-35-50-48-19-9-13-23-54(48)58(56(50)37-44)52-21-11-7-17-46(52)47-18-8-12-22-53(47)58;1-33(2)31-11-7-6-10-29(31)30-21-20-28(22-32(30)33)34-27-18-16-26(17-19-27)25-14-12-24(13-15-25)23-8-4-3-5-9-23;26-16-13-14-20-19-9-3-6-12-23(19)25(24(20)15-16)21-10-4-1-7-17(21)18-8-2-5-11-22(18)25/h6-13,16-38H,3-5,14-15H2,1-2H3;6-7,10-23,34H,3-5,8-9H2,1-2H3;1-15H/i38D;23D;. The molecule has 0 aliphatic heterocycles. The van der Waals surface area contributed by atoms with E-state index in [1.807, 2.05) is 0 Å². The van der Waals surface area contributed by atoms with Crippen LogP contribution in [-0.4, -0.2) is 0 Å². The summed E-state index contributed by atoms with van der Waals surface area (Å²) in [6.45, 7) is 9.37. The molecule has 24 rings (SSSR count). The van der Waals surface area contributed by atoms with Crippen LogP contribution in [-0.2, 0) is 21.7 Å². The largest absolute Gasteiger partial charge is 0.356 e. The number of nitrogens with zero attached hydrogens (tertiary/aromatic N) is 1. The van der Waals surface area contributed by atoms with Gasteiger partial charge in [0.1, 0.15) is 0 Å². The van der Waals surface area contributed by atoms with Gasteiger partial charge in [-0.15, -0.1) is 0 Å². The Labute approximate surface area is 713 Å². The SMILES string of the molecule is Brc1ccc2c(c1)C1(c3ccccc3-c3ccccc31)c1ccccc1-2.[2H]C1(c2ccc(-c3ccc(N(c4ccc5c(c4)C(C)(C)c4ccccc4-5)c4ccc5c(c4)C4(c6ccccc6-c6ccccc64)c4ccccc4-5)cc3)cc2)CCCCC1.[2H]C1(c2ccc(-c3ccc(Nc4ccc5c(c4)C(C)(C)c4ccccc4-5)cc3)cc2)CCCCC1. The number of hydrogen-bond donors (Lipinski definition) is 1. The van der Waals surface area contributed by atoms with Crippen LogP contribution in [0.5, 0.6) is 0 Å². The maximum absolute atomic E-state index is 9.19. The molecular formula is C116H95BrN2. The summed E-state index contributed by atoms with van der Waals surface area (Å²) in [5.41, 5.74) is 44.4. The summed E-state index contributed by atoms with van der Waals surface area (Å²) in [6.07, 6.45) is 11.1. The Kier molecular flexibility index (Phi) is 17.2. The minimum Gasteiger partial charge on any atom is -0.356 e. The van der Waals surface area contributed by atoms with E-state index >= 15 is 0 Å². The van der Waals surface area contributed by atoms with Crippen LogP contribution in [0.15, 0.2) is 368 Å². The molecule has 0 heterocycles. The smallest absolute Gasteiger partial charge is 0.0726 e. The lowest BCUT2D eigenvalue weighted by Gasteiger charge is -2.32. The van der Waals surface area contributed by atoms with Gasteiger partial charge >= 0.3 is 0 Å². The monoisotopic (exact) mass is 1600 g/mol. The summed E-state index contributed by atoms with van der Waals surface area (Å²) < 4.78 is 19.2. The summed E-state index contributed by atoms with van der Waals surface area (Å²) in [5, 5.41) is 3.61. The highest BCUT2D eigenvalue weighted by Crippen LogP contribution is 2.66. The Hall–Kier alpha value is -12.4. The van der Waals surface area contributed by atoms with Gasteiger partial charge in [0, 0.05) is 46.5 Å². The first-order chi connectivity index (χ1) is 59.1. The maximum Gasteiger partial charge on any atom is 0.0726 e. The predicted molar refractivity (Wildman–Crippen MR) is 502 cm³/mol. The van der Waals surface area contributed by atoms with Gasteiger partial charge in [-0.05, 0) is 277 Å². The van der Waals surface area contributed by atoms with E-state index in [2.05, 4.69) is 418 Å². The molecule has 0 atom stereocenters. The van der Waals surface area contributed by atoms with Crippen LogP contribution < -0.4 is 10.2 Å². The second-order valence-electron chi connectivity index (χ2n) is 35.1. The van der Waals surface area contributed by atoms with Crippen molar-refractivity contribution in [2.75, 3.05) is 10.2 Å². The zero-order valence-corrected chi connectivity index (χ0v) is 69.6. The van der Waals surface area contributed by atoms with Gasteiger partial charge in [-0.25, -0.2) is 0 Å². The number of halogens is 1. The van der Waals surface area contributed by atoms with Gasteiger partial charge in [-0.2, -0.15) is 0 Å². The van der Waals surface area contributed by atoms with E-state index < -0.39 is 17.2 Å². The second kappa shape index (κ2) is 29.0. The summed E-state index contributed by atoms with van der Waals surface area (Å²) in [6, 6.07) is 135. The van der Waals surface area contributed by atoms with Crippen molar-refractivity contribution in [2.24, 2.45) is 0 Å². The Morgan fingerprint density at radius 3 is 0.908 bits per heavy atom. The van der Waals surface area contributed by atoms with E-state index in [4.69, 9.17) is 1.37 Å². The molecule has 16 aromatic rings. The number of hydrogen-bond acceptors (Lipinski definition) is 2. The van der Waals surface area contributed by atoms with Gasteiger partial charge in [0.25, 0.3) is 0 Å². The van der Waals surface area contributed by atoms with Crippen LogP contribution in [0.2, 0.25) is 0 Å². The van der Waals surface area contributed by atoms with Crippen LogP contribution in [0, 0.1) is 0 Å². The third-order valence-electron chi connectivity index (χ3n) is 28.1. The molecule has 2 nitrogen and oxygen atoms in total. The molecule has 0 saturated heterocycles. The third-order valence-corrected chi connectivity index (χ3v) is 28.6. The van der Waals surface area contributed by atoms with Crippen molar-refractivity contribution >= 4 is 44.4 Å². The predicted octanol–water partition coefficient (Wildman–Crippen LogP) is 31.8. The van der Waals surface area contributed by atoms with Gasteiger partial charge < -0.3 is 10.2 Å². The highest BCUT2D eigenvalue weighted by atomic mass is 79.9. The fourth-order valence-corrected chi connectivity index (χ4v) is 22.8. The van der Waals surface area contributed by atoms with Crippen LogP contribution in [0.1, 0.15) is 184 Å². The molecule has 8 aliphatic carbocycles. The zero-order chi connectivity index (χ0) is 81.6. The van der Waals surface area contributed by atoms with E-state index in [0.717, 1.165) is 77.0 Å². The van der Waals surface area contributed by atoms with Crippen molar-refractivity contribution in [3.8, 4) is 89.0 Å². The molecule has 0 aromatic heterocycles. The fraction of sp³-hybridized carbons (Fsp3) is 0.172. The van der Waals surface area contributed by atoms with E-state index in [9.17, 15) is 1.37 Å². The molecular weight excluding hydrogens is 1500 g/mol. The number of fused-ring (bicyclic) bond motifs is 26. The lowest BCUT2D eigenvalue weighted by atomic mass is 9.70. The molecule has 0 bridgehead atoms. The van der Waals surface area contributed by atoms with E-state index in [0.29, 0.717) is 0 Å². The number of benzene rings is 16. The molecule has 3 heteroatoms. The maximum atomic E-state index is 9.19. The summed E-state index contributed by atoms with van der Waals surface area (Å²) in [7, 11) is 0. The van der Waals surface area contributed by atoms with E-state index in [1.165, 1.54) is 187 Å². The van der Waals surface area contributed by atoms with Gasteiger partial charge in [0.15, 0.2) is 0 Å². The number of anilines is 5. The van der Waals surface area contributed by atoms with Crippen molar-refractivity contribution < 1.29 is 2.74 Å². The molecule has 8 aliphatic rings. The molecule has 0 unspecified atom stereocenters. The molecule has 2 saturated carbocycles. The highest BCUT2D eigenvalue weighted by molar-refractivity contribution is 9.10. The van der Waals surface area contributed by atoms with Crippen molar-refractivity contribution in [3.63, 3.8) is 0 Å². The van der Waals surface area contributed by atoms with Crippen LogP contribution in [0.25, 0.3) is 89.0 Å². The Morgan fingerprint density at radius 1 is 0.252 bits per heavy atom. The first-order valence-electron chi connectivity index (χ1n) is 44.1. The van der Waals surface area contributed by atoms with Gasteiger partial charge in [-0.3, -0.25) is 0 Å². The van der Waals surface area contributed by atoms with Crippen LogP contribution in [0.4, 0.5) is 28.4 Å². The molecule has 16 aromatic carbocycles. The van der Waals surface area contributed by atoms with Gasteiger partial charge in [-0.1, -0.05) is 373 Å². The van der Waals surface area contributed by atoms with Crippen molar-refractivity contribution in [2.45, 2.75) is 125 Å². The molecule has 0 radical (unpaired) electrons. The van der Waals surface area contributed by atoms with Crippen molar-refractivity contribution in [1.29, 1.82) is 0 Å². The fourth-order valence-electron chi connectivity index (χ4n) is 22.4. The lowest BCUT2D eigenvalue weighted by Crippen LogP contribution is -2.26. The minimum absolute atomic E-state index is 0.00882. The molecule has 2 spiro atoms. The molecule has 0 amide bonds. The molecule has 119 heavy (non-hydrogen) atoms. The summed E-state index contributed by atoms with van der Waals surface area (Å²) in [4.78, 5) is 2.48. The van der Waals surface area contributed by atoms with Crippen LogP contribution in [0.3, 0.4) is 0 Å². The third kappa shape index (κ3) is 11.7. The average molecular weight is 1600 g/mol. The van der Waals surface area contributed by atoms with E-state index in [-0.39, 0.29) is 16.2 Å². The molecule has 2 fully saturated rings.